The Morgan fingerprint density at radius 3 is 2.24 bits per heavy atom. The summed E-state index contributed by atoms with van der Waals surface area (Å²) in [5.41, 5.74) is -0.687. The van der Waals surface area contributed by atoms with Crippen LogP contribution in [0.4, 0.5) is 13.2 Å². The molecule has 0 spiro atoms. The highest BCUT2D eigenvalue weighted by molar-refractivity contribution is 5.71. The Balaban J connectivity index is 4.54. The van der Waals surface area contributed by atoms with Gasteiger partial charge in [-0.15, -0.1) is 0 Å². The van der Waals surface area contributed by atoms with Crippen molar-refractivity contribution in [3.8, 4) is 0 Å². The van der Waals surface area contributed by atoms with Crippen molar-refractivity contribution in [2.45, 2.75) is 38.4 Å². The van der Waals surface area contributed by atoms with Crippen LogP contribution in [-0.4, -0.2) is 41.0 Å². The van der Waals surface area contributed by atoms with Gasteiger partial charge in [0.05, 0.1) is 0 Å². The van der Waals surface area contributed by atoms with E-state index in [1.807, 2.05) is 0 Å². The Morgan fingerprint density at radius 2 is 1.94 bits per heavy atom. The van der Waals surface area contributed by atoms with Gasteiger partial charge in [-0.1, -0.05) is 6.92 Å². The lowest BCUT2D eigenvalue weighted by Gasteiger charge is -2.31. The van der Waals surface area contributed by atoms with Crippen LogP contribution in [0.5, 0.6) is 0 Å². The maximum absolute atomic E-state index is 12.4. The normalized spacial score (nSPS) is 17.5. The van der Waals surface area contributed by atoms with Crippen molar-refractivity contribution in [1.82, 2.24) is 5.32 Å². The van der Waals surface area contributed by atoms with Crippen LogP contribution in [0.2, 0.25) is 0 Å². The van der Waals surface area contributed by atoms with Crippen LogP contribution in [0.1, 0.15) is 26.7 Å². The molecule has 0 aliphatic carbocycles. The van der Waals surface area contributed by atoms with Crippen LogP contribution < -0.4 is 5.32 Å². The van der Waals surface area contributed by atoms with Crippen LogP contribution in [0.15, 0.2) is 0 Å². The fraction of sp³-hybridized carbons (Fsp3) is 0.900. The summed E-state index contributed by atoms with van der Waals surface area (Å²) in [4.78, 5) is 10.5. The van der Waals surface area contributed by atoms with Gasteiger partial charge in [-0.25, -0.2) is 0 Å². The van der Waals surface area contributed by atoms with E-state index in [4.69, 9.17) is 10.2 Å². The molecule has 4 nitrogen and oxygen atoms in total. The van der Waals surface area contributed by atoms with Crippen molar-refractivity contribution in [1.29, 1.82) is 0 Å². The van der Waals surface area contributed by atoms with Crippen molar-refractivity contribution < 1.29 is 28.2 Å². The zero-order valence-electron chi connectivity index (χ0n) is 9.84. The fourth-order valence-electron chi connectivity index (χ4n) is 1.33. The molecule has 102 valence electrons. The summed E-state index contributed by atoms with van der Waals surface area (Å²) in [6.45, 7) is 2.55. The van der Waals surface area contributed by atoms with E-state index in [0.717, 1.165) is 0 Å². The summed E-state index contributed by atoms with van der Waals surface area (Å²) >= 11 is 0. The average molecular weight is 257 g/mol. The van der Waals surface area contributed by atoms with Gasteiger partial charge in [0, 0.05) is 18.7 Å². The van der Waals surface area contributed by atoms with Crippen molar-refractivity contribution in [2.24, 2.45) is 5.92 Å². The van der Waals surface area contributed by atoms with Crippen molar-refractivity contribution >= 4 is 5.97 Å². The van der Waals surface area contributed by atoms with Crippen LogP contribution in [0, 0.1) is 5.92 Å². The van der Waals surface area contributed by atoms with Gasteiger partial charge in [-0.05, 0) is 19.8 Å². The number of hydrogen-bond acceptors (Lipinski definition) is 3. The predicted molar refractivity (Wildman–Crippen MR) is 55.6 cm³/mol. The molecular weight excluding hydrogens is 239 g/mol. The maximum Gasteiger partial charge on any atom is 0.403 e. The summed E-state index contributed by atoms with van der Waals surface area (Å²) in [5, 5.41) is 19.9. The first kappa shape index (κ1) is 16.2. The summed E-state index contributed by atoms with van der Waals surface area (Å²) in [6, 6.07) is 0. The number of aliphatic hydroxyl groups excluding tert-OH is 1. The van der Waals surface area contributed by atoms with E-state index < -0.39 is 30.1 Å². The summed E-state index contributed by atoms with van der Waals surface area (Å²) in [6.07, 6.45) is -4.00. The van der Waals surface area contributed by atoms with E-state index in [9.17, 15) is 18.0 Å². The standard InChI is InChI=1S/C10H18F3NO3/c1-3-9(2,4-5-15)14-6-7(8(16)17)10(11,12)13/h7,14-15H,3-6H2,1-2H3,(H,16,17). The molecule has 3 N–H and O–H groups in total. The minimum Gasteiger partial charge on any atom is -0.481 e. The second kappa shape index (κ2) is 6.20. The molecule has 0 aliphatic rings. The number of nitrogens with one attached hydrogen (secondary N) is 1. The molecule has 0 aromatic heterocycles. The number of carboxylic acid groups (broad SMARTS) is 1. The number of carbonyl (C=O) groups is 1. The lowest BCUT2D eigenvalue weighted by Crippen LogP contribution is -2.49. The Bertz CT molecular complexity index is 258. The van der Waals surface area contributed by atoms with Gasteiger partial charge in [0.15, 0.2) is 5.92 Å². The van der Waals surface area contributed by atoms with E-state index in [-0.39, 0.29) is 13.0 Å². The second-order valence-corrected chi connectivity index (χ2v) is 4.20. The Hall–Kier alpha value is -0.820. The van der Waals surface area contributed by atoms with E-state index in [2.05, 4.69) is 5.32 Å². The van der Waals surface area contributed by atoms with Gasteiger partial charge in [0.25, 0.3) is 0 Å². The SMILES string of the molecule is CCC(C)(CCO)NCC(C(=O)O)C(F)(F)F. The van der Waals surface area contributed by atoms with Crippen molar-refractivity contribution in [2.75, 3.05) is 13.2 Å². The Morgan fingerprint density at radius 1 is 1.41 bits per heavy atom. The molecule has 0 aromatic rings. The largest absolute Gasteiger partial charge is 0.481 e. The molecule has 0 rings (SSSR count). The Labute approximate surface area is 97.8 Å². The summed E-state index contributed by atoms with van der Waals surface area (Å²) in [7, 11) is 0. The van der Waals surface area contributed by atoms with E-state index in [1.165, 1.54) is 0 Å². The third-order valence-corrected chi connectivity index (χ3v) is 2.87. The first-order chi connectivity index (χ1) is 7.66. The summed E-state index contributed by atoms with van der Waals surface area (Å²) < 4.78 is 37.1. The quantitative estimate of drug-likeness (QED) is 0.644. The number of halogens is 3. The van der Waals surface area contributed by atoms with Crippen LogP contribution in [0.25, 0.3) is 0 Å². The number of carboxylic acids is 1. The highest BCUT2D eigenvalue weighted by Crippen LogP contribution is 2.27. The molecule has 17 heavy (non-hydrogen) atoms. The lowest BCUT2D eigenvalue weighted by molar-refractivity contribution is -0.193. The molecule has 0 saturated heterocycles. The third-order valence-electron chi connectivity index (χ3n) is 2.87. The number of aliphatic hydroxyl groups is 1. The molecule has 0 fully saturated rings. The number of alkyl halides is 3. The molecule has 0 radical (unpaired) electrons. The number of hydrogen-bond donors (Lipinski definition) is 3. The van der Waals surface area contributed by atoms with Gasteiger partial charge < -0.3 is 15.5 Å². The zero-order valence-corrected chi connectivity index (χ0v) is 9.84. The average Bonchev–Trinajstić information content (AvgIpc) is 2.15. The van der Waals surface area contributed by atoms with Crippen LogP contribution in [-0.2, 0) is 4.79 Å². The fourth-order valence-corrected chi connectivity index (χ4v) is 1.33. The van der Waals surface area contributed by atoms with Gasteiger partial charge in [0.2, 0.25) is 0 Å². The third kappa shape index (κ3) is 5.36. The first-order valence-electron chi connectivity index (χ1n) is 5.31. The van der Waals surface area contributed by atoms with Gasteiger partial charge >= 0.3 is 12.1 Å². The monoisotopic (exact) mass is 257 g/mol. The van der Waals surface area contributed by atoms with E-state index in [1.54, 1.807) is 13.8 Å². The topological polar surface area (TPSA) is 69.6 Å². The second-order valence-electron chi connectivity index (χ2n) is 4.20. The van der Waals surface area contributed by atoms with Crippen LogP contribution in [0.3, 0.4) is 0 Å². The molecule has 7 heteroatoms. The van der Waals surface area contributed by atoms with Crippen LogP contribution >= 0.6 is 0 Å². The Kier molecular flexibility index (Phi) is 5.91. The van der Waals surface area contributed by atoms with Gasteiger partial charge in [-0.2, -0.15) is 13.2 Å². The highest BCUT2D eigenvalue weighted by atomic mass is 19.4. The smallest absolute Gasteiger partial charge is 0.403 e. The molecule has 2 atom stereocenters. The molecule has 0 amide bonds. The molecule has 2 unspecified atom stereocenters. The molecule has 0 heterocycles. The summed E-state index contributed by atoms with van der Waals surface area (Å²) in [5.74, 6) is -4.32. The molecule has 0 bridgehead atoms. The van der Waals surface area contributed by atoms with Crippen molar-refractivity contribution in [3.05, 3.63) is 0 Å². The van der Waals surface area contributed by atoms with E-state index in [0.29, 0.717) is 6.42 Å². The minimum absolute atomic E-state index is 0.166. The highest BCUT2D eigenvalue weighted by Gasteiger charge is 2.45. The number of rotatable bonds is 7. The molecular formula is C10H18F3NO3. The maximum atomic E-state index is 12.4. The van der Waals surface area contributed by atoms with Crippen molar-refractivity contribution in [3.63, 3.8) is 0 Å². The van der Waals surface area contributed by atoms with Gasteiger partial charge in [0.1, 0.15) is 0 Å². The predicted octanol–water partition coefficient (Wildman–Crippen LogP) is 1.39. The zero-order chi connectivity index (χ0) is 13.7. The van der Waals surface area contributed by atoms with E-state index >= 15 is 0 Å². The molecule has 0 saturated carbocycles. The number of aliphatic carboxylic acids is 1. The minimum atomic E-state index is -4.77. The lowest BCUT2D eigenvalue weighted by atomic mass is 9.94. The molecule has 0 aromatic carbocycles. The van der Waals surface area contributed by atoms with Gasteiger partial charge in [-0.3, -0.25) is 4.79 Å². The molecule has 0 aliphatic heterocycles. The first-order valence-corrected chi connectivity index (χ1v) is 5.31.